The summed E-state index contributed by atoms with van der Waals surface area (Å²) in [6.45, 7) is 8.89. The molecule has 0 spiro atoms. The second kappa shape index (κ2) is 10.3. The molecule has 2 heteroatoms. The molecule has 0 aromatic heterocycles. The van der Waals surface area contributed by atoms with Gasteiger partial charge in [0.1, 0.15) is 5.75 Å². The van der Waals surface area contributed by atoms with Crippen LogP contribution in [-0.4, -0.2) is 7.11 Å². The third kappa shape index (κ3) is 8.66. The summed E-state index contributed by atoms with van der Waals surface area (Å²) < 4.78 is 5.07. The van der Waals surface area contributed by atoms with E-state index in [0.717, 1.165) is 35.4 Å². The van der Waals surface area contributed by atoms with Gasteiger partial charge < -0.3 is 4.74 Å². The molecule has 0 heterocycles. The zero-order chi connectivity index (χ0) is 17.2. The summed E-state index contributed by atoms with van der Waals surface area (Å²) in [5, 5.41) is 0.817. The van der Waals surface area contributed by atoms with Crippen molar-refractivity contribution in [1.29, 1.82) is 0 Å². The minimum absolute atomic E-state index is 0.719. The van der Waals surface area contributed by atoms with Crippen LogP contribution in [0.4, 0.5) is 0 Å². The summed E-state index contributed by atoms with van der Waals surface area (Å²) in [5.74, 6) is 2.37. The van der Waals surface area contributed by atoms with Gasteiger partial charge in [-0.1, -0.05) is 63.6 Å². The highest BCUT2D eigenvalue weighted by Crippen LogP contribution is 2.14. The van der Waals surface area contributed by atoms with E-state index in [1.54, 1.807) is 7.11 Å². The number of halogens is 1. The molecule has 0 saturated carbocycles. The van der Waals surface area contributed by atoms with Crippen molar-refractivity contribution in [2.24, 2.45) is 11.8 Å². The number of benzene rings is 2. The second-order valence-corrected chi connectivity index (χ2v) is 7.11. The molecule has 0 N–H and O–H groups in total. The summed E-state index contributed by atoms with van der Waals surface area (Å²) in [6, 6.07) is 16.3. The first kappa shape index (κ1) is 19.6. The maximum Gasteiger partial charge on any atom is 0.118 e. The standard InChI is InChI=1S/C11H16O.C10H13Cl/c1-9(2)8-10-4-6-11(12-3)7-5-10;1-8(2)7-9-3-5-10(11)6-4-9/h4-7,9H,8H2,1-3H3;3-6,8H,7H2,1-2H3. The van der Waals surface area contributed by atoms with Crippen molar-refractivity contribution in [3.63, 3.8) is 0 Å². The van der Waals surface area contributed by atoms with Gasteiger partial charge in [0.15, 0.2) is 0 Å². The zero-order valence-electron chi connectivity index (χ0n) is 15.0. The number of hydrogen-bond donors (Lipinski definition) is 0. The van der Waals surface area contributed by atoms with Crippen molar-refractivity contribution in [3.8, 4) is 5.75 Å². The van der Waals surface area contributed by atoms with Crippen LogP contribution in [-0.2, 0) is 12.8 Å². The molecular weight excluding hydrogens is 304 g/mol. The van der Waals surface area contributed by atoms with Gasteiger partial charge >= 0.3 is 0 Å². The lowest BCUT2D eigenvalue weighted by Crippen LogP contribution is -1.93. The molecule has 2 rings (SSSR count). The largest absolute Gasteiger partial charge is 0.497 e. The molecule has 1 nitrogen and oxygen atoms in total. The Labute approximate surface area is 146 Å². The van der Waals surface area contributed by atoms with E-state index >= 15 is 0 Å². The van der Waals surface area contributed by atoms with Crippen LogP contribution in [0.3, 0.4) is 0 Å². The van der Waals surface area contributed by atoms with Crippen molar-refractivity contribution in [2.45, 2.75) is 40.5 Å². The van der Waals surface area contributed by atoms with Crippen LogP contribution >= 0.6 is 11.6 Å². The predicted molar refractivity (Wildman–Crippen MR) is 102 cm³/mol. The van der Waals surface area contributed by atoms with Gasteiger partial charge in [0.25, 0.3) is 0 Å². The van der Waals surface area contributed by atoms with E-state index in [2.05, 4.69) is 52.0 Å². The van der Waals surface area contributed by atoms with Gasteiger partial charge in [-0.2, -0.15) is 0 Å². The Bertz CT molecular complexity index is 541. The van der Waals surface area contributed by atoms with Crippen LogP contribution in [0.25, 0.3) is 0 Å². The molecule has 0 atom stereocenters. The summed E-state index contributed by atoms with van der Waals surface area (Å²) in [7, 11) is 1.69. The monoisotopic (exact) mass is 332 g/mol. The third-order valence-corrected chi connectivity index (χ3v) is 3.61. The van der Waals surface area contributed by atoms with Crippen molar-refractivity contribution >= 4 is 11.6 Å². The fourth-order valence-electron chi connectivity index (χ4n) is 2.32. The second-order valence-electron chi connectivity index (χ2n) is 6.67. The van der Waals surface area contributed by atoms with Gasteiger partial charge in [-0.15, -0.1) is 0 Å². The topological polar surface area (TPSA) is 9.23 Å². The average molecular weight is 333 g/mol. The maximum absolute atomic E-state index is 5.75. The Morgan fingerprint density at radius 3 is 1.48 bits per heavy atom. The highest BCUT2D eigenvalue weighted by Gasteiger charge is 1.97. The molecule has 0 fully saturated rings. The Hall–Kier alpha value is -1.47. The molecule has 2 aromatic carbocycles. The molecule has 23 heavy (non-hydrogen) atoms. The van der Waals surface area contributed by atoms with Crippen molar-refractivity contribution in [2.75, 3.05) is 7.11 Å². The molecule has 126 valence electrons. The first-order valence-electron chi connectivity index (χ1n) is 8.28. The smallest absolute Gasteiger partial charge is 0.118 e. The first-order chi connectivity index (χ1) is 10.9. The first-order valence-corrected chi connectivity index (χ1v) is 8.66. The molecule has 0 bridgehead atoms. The zero-order valence-corrected chi connectivity index (χ0v) is 15.7. The fraction of sp³-hybridized carbons (Fsp3) is 0.429. The molecule has 0 saturated heterocycles. The Morgan fingerprint density at radius 2 is 1.13 bits per heavy atom. The van der Waals surface area contributed by atoms with E-state index < -0.39 is 0 Å². The number of rotatable bonds is 5. The van der Waals surface area contributed by atoms with Gasteiger partial charge in [0.05, 0.1) is 7.11 Å². The van der Waals surface area contributed by atoms with Crippen molar-refractivity contribution in [1.82, 2.24) is 0 Å². The van der Waals surface area contributed by atoms with Crippen LogP contribution in [0.2, 0.25) is 5.02 Å². The van der Waals surface area contributed by atoms with E-state index in [4.69, 9.17) is 16.3 Å². The van der Waals surface area contributed by atoms with Crippen LogP contribution < -0.4 is 4.74 Å². The van der Waals surface area contributed by atoms with Crippen LogP contribution in [0.15, 0.2) is 48.5 Å². The number of ether oxygens (including phenoxy) is 1. The summed E-state index contributed by atoms with van der Waals surface area (Å²) >= 11 is 5.75. The van der Waals surface area contributed by atoms with Gasteiger partial charge in [0.2, 0.25) is 0 Å². The minimum Gasteiger partial charge on any atom is -0.497 e. The lowest BCUT2D eigenvalue weighted by atomic mass is 10.0. The fourth-order valence-corrected chi connectivity index (χ4v) is 2.45. The summed E-state index contributed by atoms with van der Waals surface area (Å²) in [5.41, 5.74) is 2.75. The molecule has 0 amide bonds. The Balaban J connectivity index is 0.000000231. The van der Waals surface area contributed by atoms with E-state index in [9.17, 15) is 0 Å². The Kier molecular flexibility index (Phi) is 8.79. The van der Waals surface area contributed by atoms with Gasteiger partial charge in [-0.05, 0) is 60.1 Å². The van der Waals surface area contributed by atoms with E-state index in [1.165, 1.54) is 11.1 Å². The maximum atomic E-state index is 5.75. The van der Waals surface area contributed by atoms with Gasteiger partial charge in [-0.3, -0.25) is 0 Å². The molecular formula is C21H29ClO. The van der Waals surface area contributed by atoms with Crippen LogP contribution in [0.5, 0.6) is 5.75 Å². The highest BCUT2D eigenvalue weighted by molar-refractivity contribution is 6.30. The van der Waals surface area contributed by atoms with Crippen molar-refractivity contribution in [3.05, 3.63) is 64.7 Å². The van der Waals surface area contributed by atoms with E-state index in [-0.39, 0.29) is 0 Å². The highest BCUT2D eigenvalue weighted by atomic mass is 35.5. The molecule has 0 unspecified atom stereocenters. The molecule has 0 aliphatic carbocycles. The number of hydrogen-bond acceptors (Lipinski definition) is 1. The van der Waals surface area contributed by atoms with E-state index in [1.807, 2.05) is 24.3 Å². The summed E-state index contributed by atoms with van der Waals surface area (Å²) in [6.07, 6.45) is 2.28. The number of methoxy groups -OCH3 is 1. The Morgan fingerprint density at radius 1 is 0.739 bits per heavy atom. The average Bonchev–Trinajstić information content (AvgIpc) is 2.50. The van der Waals surface area contributed by atoms with E-state index in [0.29, 0.717) is 0 Å². The van der Waals surface area contributed by atoms with Crippen LogP contribution in [0, 0.1) is 11.8 Å². The predicted octanol–water partition coefficient (Wildman–Crippen LogP) is 6.43. The molecule has 2 aromatic rings. The molecule has 0 radical (unpaired) electrons. The van der Waals surface area contributed by atoms with Crippen LogP contribution in [0.1, 0.15) is 38.8 Å². The van der Waals surface area contributed by atoms with Gasteiger partial charge in [-0.25, -0.2) is 0 Å². The normalized spacial score (nSPS) is 10.4. The SMILES string of the molecule is CC(C)Cc1ccc(Cl)cc1.COc1ccc(CC(C)C)cc1. The molecule has 0 aliphatic rings. The van der Waals surface area contributed by atoms with Gasteiger partial charge in [0, 0.05) is 5.02 Å². The summed E-state index contributed by atoms with van der Waals surface area (Å²) in [4.78, 5) is 0. The molecule has 0 aliphatic heterocycles. The lowest BCUT2D eigenvalue weighted by molar-refractivity contribution is 0.414. The lowest BCUT2D eigenvalue weighted by Gasteiger charge is -2.05. The quantitative estimate of drug-likeness (QED) is 0.612. The third-order valence-electron chi connectivity index (χ3n) is 3.36. The minimum atomic E-state index is 0.719. The van der Waals surface area contributed by atoms with Crippen molar-refractivity contribution < 1.29 is 4.74 Å².